The van der Waals surface area contributed by atoms with E-state index in [9.17, 15) is 4.79 Å². The van der Waals surface area contributed by atoms with Gasteiger partial charge in [0, 0.05) is 12.1 Å². The molecular weight excluding hydrogens is 254 g/mol. The minimum Gasteiger partial charge on any atom is -0.491 e. The first-order valence-electron chi connectivity index (χ1n) is 6.71. The number of hydrogen-bond donors (Lipinski definition) is 1. The molecule has 1 amide bonds. The van der Waals surface area contributed by atoms with Crippen LogP contribution in [0.15, 0.2) is 47.3 Å². The lowest BCUT2D eigenvalue weighted by Gasteiger charge is -2.10. The molecule has 4 heteroatoms. The number of carbonyl (C=O) groups is 1. The summed E-state index contributed by atoms with van der Waals surface area (Å²) in [6.07, 6.45) is 4.20. The van der Waals surface area contributed by atoms with Crippen molar-refractivity contribution in [3.05, 3.63) is 54.0 Å². The molecule has 0 bridgehead atoms. The Labute approximate surface area is 118 Å². The van der Waals surface area contributed by atoms with E-state index >= 15 is 0 Å². The van der Waals surface area contributed by atoms with Crippen LogP contribution in [-0.4, -0.2) is 18.6 Å². The number of benzene rings is 1. The van der Waals surface area contributed by atoms with Gasteiger partial charge in [-0.25, -0.2) is 0 Å². The van der Waals surface area contributed by atoms with Crippen molar-refractivity contribution in [1.82, 2.24) is 5.32 Å². The molecule has 0 unspecified atom stereocenters. The second-order valence-electron chi connectivity index (χ2n) is 4.83. The highest BCUT2D eigenvalue weighted by molar-refractivity contribution is 5.94. The molecule has 1 N–H and O–H groups in total. The van der Waals surface area contributed by atoms with Crippen LogP contribution in [0.1, 0.15) is 29.8 Å². The van der Waals surface area contributed by atoms with Crippen molar-refractivity contribution in [2.75, 3.05) is 6.54 Å². The van der Waals surface area contributed by atoms with Crippen LogP contribution in [0.25, 0.3) is 0 Å². The maximum Gasteiger partial charge on any atom is 0.251 e. The summed E-state index contributed by atoms with van der Waals surface area (Å²) >= 11 is 0. The van der Waals surface area contributed by atoms with Crippen LogP contribution < -0.4 is 10.1 Å². The van der Waals surface area contributed by atoms with Crippen molar-refractivity contribution in [2.45, 2.75) is 26.4 Å². The zero-order valence-electron chi connectivity index (χ0n) is 11.8. The SMILES string of the molecule is CC(C)Oc1ccc(C(=O)NCCc2ccoc2)cc1. The van der Waals surface area contributed by atoms with Crippen molar-refractivity contribution in [3.63, 3.8) is 0 Å². The molecule has 0 saturated carbocycles. The maximum atomic E-state index is 11.9. The van der Waals surface area contributed by atoms with E-state index < -0.39 is 0 Å². The first-order chi connectivity index (χ1) is 9.65. The molecule has 106 valence electrons. The number of furan rings is 1. The minimum absolute atomic E-state index is 0.0791. The second-order valence-corrected chi connectivity index (χ2v) is 4.83. The smallest absolute Gasteiger partial charge is 0.251 e. The molecule has 0 fully saturated rings. The Hall–Kier alpha value is -2.23. The fourth-order valence-electron chi connectivity index (χ4n) is 1.81. The number of ether oxygens (including phenoxy) is 1. The Bertz CT molecular complexity index is 529. The largest absolute Gasteiger partial charge is 0.491 e. The number of amides is 1. The lowest BCUT2D eigenvalue weighted by molar-refractivity contribution is 0.0954. The first kappa shape index (κ1) is 14.2. The van der Waals surface area contributed by atoms with Gasteiger partial charge in [-0.2, -0.15) is 0 Å². The third-order valence-electron chi connectivity index (χ3n) is 2.77. The number of rotatable bonds is 6. The Balaban J connectivity index is 1.82. The Morgan fingerprint density at radius 3 is 2.60 bits per heavy atom. The van der Waals surface area contributed by atoms with Gasteiger partial charge in [0.2, 0.25) is 0 Å². The van der Waals surface area contributed by atoms with E-state index in [1.54, 1.807) is 24.7 Å². The first-order valence-corrected chi connectivity index (χ1v) is 6.71. The van der Waals surface area contributed by atoms with Crippen LogP contribution in [0.2, 0.25) is 0 Å². The molecule has 2 rings (SSSR count). The summed E-state index contributed by atoms with van der Waals surface area (Å²) in [5.41, 5.74) is 1.71. The van der Waals surface area contributed by atoms with E-state index in [4.69, 9.17) is 9.15 Å². The van der Waals surface area contributed by atoms with Gasteiger partial charge < -0.3 is 14.5 Å². The van der Waals surface area contributed by atoms with Gasteiger partial charge >= 0.3 is 0 Å². The molecule has 1 aromatic heterocycles. The average Bonchev–Trinajstić information content (AvgIpc) is 2.92. The third-order valence-corrected chi connectivity index (χ3v) is 2.77. The maximum absolute atomic E-state index is 11.9. The summed E-state index contributed by atoms with van der Waals surface area (Å²) < 4.78 is 10.5. The summed E-state index contributed by atoms with van der Waals surface area (Å²) in [5.74, 6) is 0.694. The monoisotopic (exact) mass is 273 g/mol. The molecule has 1 aromatic carbocycles. The van der Waals surface area contributed by atoms with Gasteiger partial charge in [-0.1, -0.05) is 0 Å². The van der Waals surface area contributed by atoms with Crippen LogP contribution in [0.4, 0.5) is 0 Å². The average molecular weight is 273 g/mol. The van der Waals surface area contributed by atoms with Crippen LogP contribution >= 0.6 is 0 Å². The van der Waals surface area contributed by atoms with E-state index in [1.807, 2.05) is 32.0 Å². The molecule has 0 spiro atoms. The van der Waals surface area contributed by atoms with E-state index in [1.165, 1.54) is 0 Å². The molecular formula is C16H19NO3. The van der Waals surface area contributed by atoms with Crippen LogP contribution in [-0.2, 0) is 6.42 Å². The number of carbonyl (C=O) groups excluding carboxylic acids is 1. The Morgan fingerprint density at radius 2 is 2.00 bits per heavy atom. The molecule has 0 aliphatic rings. The van der Waals surface area contributed by atoms with Gasteiger partial charge in [-0.15, -0.1) is 0 Å². The van der Waals surface area contributed by atoms with E-state index in [2.05, 4.69) is 5.32 Å². The summed E-state index contributed by atoms with van der Waals surface area (Å²) in [4.78, 5) is 11.9. The predicted molar refractivity (Wildman–Crippen MR) is 77.0 cm³/mol. The van der Waals surface area contributed by atoms with Crippen LogP contribution in [0.3, 0.4) is 0 Å². The quantitative estimate of drug-likeness (QED) is 0.880. The van der Waals surface area contributed by atoms with Crippen molar-refractivity contribution < 1.29 is 13.9 Å². The summed E-state index contributed by atoms with van der Waals surface area (Å²) in [7, 11) is 0. The summed E-state index contributed by atoms with van der Waals surface area (Å²) in [5, 5.41) is 2.88. The number of hydrogen-bond acceptors (Lipinski definition) is 3. The Morgan fingerprint density at radius 1 is 1.25 bits per heavy atom. The van der Waals surface area contributed by atoms with Gasteiger partial charge in [0.1, 0.15) is 5.75 Å². The zero-order chi connectivity index (χ0) is 14.4. The van der Waals surface area contributed by atoms with Crippen LogP contribution in [0.5, 0.6) is 5.75 Å². The van der Waals surface area contributed by atoms with Crippen molar-refractivity contribution >= 4 is 5.91 Å². The molecule has 0 aliphatic heterocycles. The standard InChI is InChI=1S/C16H19NO3/c1-12(2)20-15-5-3-14(4-6-15)16(18)17-9-7-13-8-10-19-11-13/h3-6,8,10-12H,7,9H2,1-2H3,(H,17,18). The molecule has 2 aromatic rings. The van der Waals surface area contributed by atoms with Crippen LogP contribution in [0, 0.1) is 0 Å². The molecule has 20 heavy (non-hydrogen) atoms. The highest BCUT2D eigenvalue weighted by Crippen LogP contribution is 2.13. The normalized spacial score (nSPS) is 10.6. The van der Waals surface area contributed by atoms with Gasteiger partial charge in [0.05, 0.1) is 18.6 Å². The van der Waals surface area contributed by atoms with E-state index in [0.717, 1.165) is 17.7 Å². The molecule has 0 atom stereocenters. The van der Waals surface area contributed by atoms with Crippen molar-refractivity contribution in [2.24, 2.45) is 0 Å². The Kier molecular flexibility index (Phi) is 4.82. The van der Waals surface area contributed by atoms with E-state index in [-0.39, 0.29) is 12.0 Å². The lowest BCUT2D eigenvalue weighted by atomic mass is 10.2. The molecule has 0 saturated heterocycles. The van der Waals surface area contributed by atoms with E-state index in [0.29, 0.717) is 12.1 Å². The minimum atomic E-state index is -0.0791. The number of nitrogens with one attached hydrogen (secondary N) is 1. The molecule has 0 radical (unpaired) electrons. The summed E-state index contributed by atoms with van der Waals surface area (Å²) in [6, 6.07) is 9.05. The third kappa shape index (κ3) is 4.16. The fraction of sp³-hybridized carbons (Fsp3) is 0.312. The predicted octanol–water partition coefficient (Wildman–Crippen LogP) is 3.04. The van der Waals surface area contributed by atoms with Gasteiger partial charge in [-0.05, 0) is 56.2 Å². The molecule has 4 nitrogen and oxygen atoms in total. The zero-order valence-corrected chi connectivity index (χ0v) is 11.8. The highest BCUT2D eigenvalue weighted by Gasteiger charge is 2.06. The van der Waals surface area contributed by atoms with Crippen molar-refractivity contribution in [3.8, 4) is 5.75 Å². The topological polar surface area (TPSA) is 51.5 Å². The second kappa shape index (κ2) is 6.80. The highest BCUT2D eigenvalue weighted by atomic mass is 16.5. The summed E-state index contributed by atoms with van der Waals surface area (Å²) in [6.45, 7) is 4.52. The van der Waals surface area contributed by atoms with Gasteiger partial charge in [0.15, 0.2) is 0 Å². The molecule has 1 heterocycles. The van der Waals surface area contributed by atoms with Gasteiger partial charge in [-0.3, -0.25) is 4.79 Å². The molecule has 0 aliphatic carbocycles. The van der Waals surface area contributed by atoms with Gasteiger partial charge in [0.25, 0.3) is 5.91 Å². The lowest BCUT2D eigenvalue weighted by Crippen LogP contribution is -2.25. The fourth-order valence-corrected chi connectivity index (χ4v) is 1.81. The van der Waals surface area contributed by atoms with Crippen molar-refractivity contribution in [1.29, 1.82) is 0 Å².